The third-order valence-corrected chi connectivity index (χ3v) is 3.32. The fraction of sp³-hybridized carbons (Fsp3) is 0.133. The molecule has 0 aliphatic carbocycles. The number of anilines is 1. The third kappa shape index (κ3) is 4.18. The molecule has 0 aromatic heterocycles. The van der Waals surface area contributed by atoms with E-state index in [2.05, 4.69) is 0 Å². The van der Waals surface area contributed by atoms with Gasteiger partial charge in [-0.1, -0.05) is 11.6 Å². The molecule has 2 rings (SSSR count). The van der Waals surface area contributed by atoms with E-state index in [-0.39, 0.29) is 10.8 Å². The van der Waals surface area contributed by atoms with Gasteiger partial charge in [0.25, 0.3) is 5.91 Å². The molecule has 132 valence electrons. The molecule has 1 amide bonds. The number of hydrogen-bond acceptors (Lipinski definition) is 4. The molecule has 6 nitrogen and oxygen atoms in total. The van der Waals surface area contributed by atoms with E-state index in [9.17, 15) is 28.1 Å². The molecular weight excluding hydrogens is 365 g/mol. The Kier molecular flexibility index (Phi) is 5.48. The molecular formula is C15H10ClF3N2O4. The van der Waals surface area contributed by atoms with Gasteiger partial charge < -0.3 is 10.1 Å². The van der Waals surface area contributed by atoms with Crippen LogP contribution in [0.4, 0.5) is 24.5 Å². The van der Waals surface area contributed by atoms with Crippen LogP contribution in [-0.4, -0.2) is 16.9 Å². The van der Waals surface area contributed by atoms with E-state index in [1.165, 1.54) is 19.1 Å². The Morgan fingerprint density at radius 2 is 1.92 bits per heavy atom. The van der Waals surface area contributed by atoms with E-state index in [1.54, 1.807) is 0 Å². The van der Waals surface area contributed by atoms with Crippen LogP contribution in [0.3, 0.4) is 0 Å². The van der Waals surface area contributed by atoms with Crippen LogP contribution < -0.4 is 10.1 Å². The van der Waals surface area contributed by atoms with Crippen molar-refractivity contribution in [2.45, 2.75) is 13.0 Å². The van der Waals surface area contributed by atoms with Crippen molar-refractivity contribution in [3.8, 4) is 5.75 Å². The van der Waals surface area contributed by atoms with Crippen LogP contribution >= 0.6 is 11.6 Å². The van der Waals surface area contributed by atoms with Crippen LogP contribution in [0.2, 0.25) is 5.02 Å². The molecule has 0 heterocycles. The number of carbonyl (C=O) groups excluding carboxylic acids is 1. The van der Waals surface area contributed by atoms with Crippen molar-refractivity contribution in [3.63, 3.8) is 0 Å². The van der Waals surface area contributed by atoms with E-state index in [0.717, 1.165) is 12.1 Å². The largest absolute Gasteiger partial charge is 0.474 e. The van der Waals surface area contributed by atoms with E-state index in [1.807, 2.05) is 5.32 Å². The van der Waals surface area contributed by atoms with Crippen LogP contribution in [0.1, 0.15) is 6.92 Å². The molecule has 0 bridgehead atoms. The number of amides is 1. The summed E-state index contributed by atoms with van der Waals surface area (Å²) in [6.45, 7) is 1.24. The lowest BCUT2D eigenvalue weighted by molar-refractivity contribution is -0.386. The van der Waals surface area contributed by atoms with Crippen molar-refractivity contribution >= 4 is 28.9 Å². The Balaban J connectivity index is 2.17. The number of benzene rings is 2. The van der Waals surface area contributed by atoms with Gasteiger partial charge in [-0.25, -0.2) is 13.2 Å². The summed E-state index contributed by atoms with van der Waals surface area (Å²) in [5.74, 6) is -5.87. The Morgan fingerprint density at radius 1 is 1.24 bits per heavy atom. The summed E-state index contributed by atoms with van der Waals surface area (Å²) in [4.78, 5) is 22.2. The minimum Gasteiger partial charge on any atom is -0.474 e. The molecule has 1 atom stereocenters. The lowest BCUT2D eigenvalue weighted by atomic mass is 10.2. The normalized spacial score (nSPS) is 11.7. The summed E-state index contributed by atoms with van der Waals surface area (Å²) in [7, 11) is 0. The number of carbonyl (C=O) groups is 1. The molecule has 2 aromatic rings. The highest BCUT2D eigenvalue weighted by atomic mass is 35.5. The van der Waals surface area contributed by atoms with Gasteiger partial charge in [-0.2, -0.15) is 0 Å². The molecule has 2 aromatic carbocycles. The van der Waals surface area contributed by atoms with Gasteiger partial charge in [-0.05, 0) is 31.2 Å². The Hall–Kier alpha value is -2.81. The maximum absolute atomic E-state index is 13.6. The molecule has 0 aliphatic rings. The second-order valence-electron chi connectivity index (χ2n) is 4.84. The fourth-order valence-electron chi connectivity index (χ4n) is 1.83. The van der Waals surface area contributed by atoms with Crippen molar-refractivity contribution in [1.29, 1.82) is 0 Å². The van der Waals surface area contributed by atoms with Crippen molar-refractivity contribution in [2.24, 2.45) is 0 Å². The highest BCUT2D eigenvalue weighted by molar-refractivity contribution is 6.30. The maximum atomic E-state index is 13.6. The summed E-state index contributed by atoms with van der Waals surface area (Å²) >= 11 is 5.67. The smallest absolute Gasteiger partial charge is 0.312 e. The van der Waals surface area contributed by atoms with E-state index < -0.39 is 45.8 Å². The first-order valence-electron chi connectivity index (χ1n) is 6.75. The lowest BCUT2D eigenvalue weighted by Gasteiger charge is -2.15. The van der Waals surface area contributed by atoms with Gasteiger partial charge in [0.1, 0.15) is 0 Å². The maximum Gasteiger partial charge on any atom is 0.312 e. The first kappa shape index (κ1) is 18.5. The summed E-state index contributed by atoms with van der Waals surface area (Å²) in [6, 6.07) is 5.04. The monoisotopic (exact) mass is 374 g/mol. The lowest BCUT2D eigenvalue weighted by Crippen LogP contribution is -2.30. The van der Waals surface area contributed by atoms with Gasteiger partial charge in [-0.15, -0.1) is 0 Å². The van der Waals surface area contributed by atoms with Crippen molar-refractivity contribution < 1.29 is 27.6 Å². The Bertz CT molecular complexity index is 848. The first-order valence-corrected chi connectivity index (χ1v) is 7.13. The standard InChI is InChI=1S/C15H10ClF3N2O4/c1-7(25-12-5-2-8(16)6-11(12)21(23)24)15(22)20-10-4-3-9(17)13(18)14(10)19/h2-7H,1H3,(H,20,22)/t7-/m0/s1. The average Bonchev–Trinajstić information content (AvgIpc) is 2.56. The molecule has 0 fully saturated rings. The SMILES string of the molecule is C[C@H](Oc1ccc(Cl)cc1[N+](=O)[O-])C(=O)Nc1ccc(F)c(F)c1F. The fourth-order valence-corrected chi connectivity index (χ4v) is 2.00. The Labute approximate surface area is 144 Å². The minimum absolute atomic E-state index is 0.0972. The zero-order chi connectivity index (χ0) is 18.7. The molecule has 0 unspecified atom stereocenters. The molecule has 0 saturated carbocycles. The van der Waals surface area contributed by atoms with Crippen LogP contribution in [0.5, 0.6) is 5.75 Å². The van der Waals surface area contributed by atoms with Crippen LogP contribution in [-0.2, 0) is 4.79 Å². The number of nitrogens with one attached hydrogen (secondary N) is 1. The average molecular weight is 375 g/mol. The van der Waals surface area contributed by atoms with Gasteiger partial charge in [0.2, 0.25) is 0 Å². The zero-order valence-electron chi connectivity index (χ0n) is 12.6. The highest BCUT2D eigenvalue weighted by Crippen LogP contribution is 2.31. The number of halogens is 4. The highest BCUT2D eigenvalue weighted by Gasteiger charge is 2.23. The number of nitrogens with zero attached hydrogens (tertiary/aromatic N) is 1. The summed E-state index contributed by atoms with van der Waals surface area (Å²) in [5, 5.41) is 13.1. The second kappa shape index (κ2) is 7.39. The first-order chi connectivity index (χ1) is 11.7. The molecule has 0 saturated heterocycles. The minimum atomic E-state index is -1.74. The van der Waals surface area contributed by atoms with E-state index in [0.29, 0.717) is 6.07 Å². The zero-order valence-corrected chi connectivity index (χ0v) is 13.3. The van der Waals surface area contributed by atoms with Crippen molar-refractivity contribution in [2.75, 3.05) is 5.32 Å². The summed E-state index contributed by atoms with van der Waals surface area (Å²) in [6.07, 6.45) is -1.30. The van der Waals surface area contributed by atoms with Crippen molar-refractivity contribution in [3.05, 3.63) is 62.9 Å². The van der Waals surface area contributed by atoms with Crippen LogP contribution in [0, 0.1) is 27.6 Å². The van der Waals surface area contributed by atoms with Gasteiger partial charge in [0, 0.05) is 11.1 Å². The molecule has 0 spiro atoms. The topological polar surface area (TPSA) is 81.5 Å². The van der Waals surface area contributed by atoms with Gasteiger partial charge >= 0.3 is 5.69 Å². The molecule has 0 aliphatic heterocycles. The number of nitro benzene ring substituents is 1. The third-order valence-electron chi connectivity index (χ3n) is 3.08. The molecule has 25 heavy (non-hydrogen) atoms. The molecule has 1 N–H and O–H groups in total. The molecule has 10 heteroatoms. The summed E-state index contributed by atoms with van der Waals surface area (Å²) < 4.78 is 44.8. The number of hydrogen-bond donors (Lipinski definition) is 1. The quantitative estimate of drug-likeness (QED) is 0.486. The van der Waals surface area contributed by atoms with E-state index in [4.69, 9.17) is 16.3 Å². The van der Waals surface area contributed by atoms with Crippen molar-refractivity contribution in [1.82, 2.24) is 0 Å². The summed E-state index contributed by atoms with van der Waals surface area (Å²) in [5.41, 5.74) is -1.06. The van der Waals surface area contributed by atoms with E-state index >= 15 is 0 Å². The predicted octanol–water partition coefficient (Wildman–Crippen LogP) is 4.07. The van der Waals surface area contributed by atoms with Gasteiger partial charge in [-0.3, -0.25) is 14.9 Å². The van der Waals surface area contributed by atoms with Gasteiger partial charge in [0.05, 0.1) is 10.6 Å². The predicted molar refractivity (Wildman–Crippen MR) is 83.1 cm³/mol. The molecule has 0 radical (unpaired) electrons. The number of nitro groups is 1. The second-order valence-corrected chi connectivity index (χ2v) is 5.28. The Morgan fingerprint density at radius 3 is 2.56 bits per heavy atom. The number of ether oxygens (including phenoxy) is 1. The number of rotatable bonds is 5. The van der Waals surface area contributed by atoms with Crippen LogP contribution in [0.25, 0.3) is 0 Å². The van der Waals surface area contributed by atoms with Crippen LogP contribution in [0.15, 0.2) is 30.3 Å². The van der Waals surface area contributed by atoms with Gasteiger partial charge in [0.15, 0.2) is 29.3 Å².